The summed E-state index contributed by atoms with van der Waals surface area (Å²) in [5.74, 6) is -1.97. The molecule has 0 bridgehead atoms. The van der Waals surface area contributed by atoms with Crippen molar-refractivity contribution in [1.82, 2.24) is 36.1 Å². The second-order valence-electron chi connectivity index (χ2n) is 11.6. The van der Waals surface area contributed by atoms with Gasteiger partial charge >= 0.3 is 0 Å². The lowest BCUT2D eigenvalue weighted by atomic mass is 10.0. The Morgan fingerprint density at radius 1 is 1.05 bits per heavy atom. The molecule has 14 heteroatoms. The summed E-state index contributed by atoms with van der Waals surface area (Å²) in [5.41, 5.74) is 7.72. The fourth-order valence-electron chi connectivity index (χ4n) is 5.34. The topological polar surface area (TPSA) is 215 Å². The summed E-state index contributed by atoms with van der Waals surface area (Å²) in [6, 6.07) is 4.73. The first-order valence-electron chi connectivity index (χ1n) is 15.0. The number of aliphatic hydroxyl groups excluding tert-OH is 2. The number of carbonyl (C=O) groups excluding carboxylic acids is 4. The molecule has 2 heterocycles. The van der Waals surface area contributed by atoms with Crippen LogP contribution in [-0.4, -0.2) is 105 Å². The minimum atomic E-state index is -1.30. The predicted molar refractivity (Wildman–Crippen MR) is 163 cm³/mol. The van der Waals surface area contributed by atoms with E-state index in [4.69, 9.17) is 5.73 Å². The van der Waals surface area contributed by atoms with E-state index in [1.807, 2.05) is 44.2 Å². The van der Waals surface area contributed by atoms with Crippen LogP contribution in [0.3, 0.4) is 0 Å². The fourth-order valence-corrected chi connectivity index (χ4v) is 5.34. The molecule has 1 aliphatic rings. The number of nitrogens with two attached hydrogens (primary N) is 1. The maximum atomic E-state index is 13.7. The Kier molecular flexibility index (Phi) is 13.3. The number of likely N-dealkylation sites (tertiary alicyclic amines) is 1. The van der Waals surface area contributed by atoms with E-state index in [0.29, 0.717) is 37.9 Å². The largest absolute Gasteiger partial charge is 0.394 e. The number of aliphatic hydroxyl groups is 2. The lowest BCUT2D eigenvalue weighted by Crippen LogP contribution is -2.61. The summed E-state index contributed by atoms with van der Waals surface area (Å²) in [6.45, 7) is 3.63. The number of hydrogen-bond donors (Lipinski definition) is 8. The number of amides is 4. The number of carbonyl (C=O) groups is 4. The molecule has 9 N–H and O–H groups in total. The average Bonchev–Trinajstić information content (AvgIpc) is 3.71. The van der Waals surface area contributed by atoms with Gasteiger partial charge in [0.15, 0.2) is 0 Å². The zero-order valence-electron chi connectivity index (χ0n) is 25.5. The zero-order chi connectivity index (χ0) is 32.2. The summed E-state index contributed by atoms with van der Waals surface area (Å²) in [4.78, 5) is 60.5. The second-order valence-corrected chi connectivity index (χ2v) is 11.6. The van der Waals surface area contributed by atoms with Crippen LogP contribution in [0.5, 0.6) is 0 Å². The SMILES string of the molecule is CNC(=O)[C@H](CO)NC(=O)[C@@H]1CCCN1C(O)[C@H](Cc1cnc[nH]1)NC(=O)C(CC(C)C)NC(=O)[C@@H](N)Cc1ccccc1. The van der Waals surface area contributed by atoms with Crippen molar-refractivity contribution in [2.24, 2.45) is 11.7 Å². The van der Waals surface area contributed by atoms with Gasteiger partial charge in [-0.2, -0.15) is 0 Å². The molecule has 2 unspecified atom stereocenters. The van der Waals surface area contributed by atoms with E-state index in [-0.39, 0.29) is 12.3 Å². The highest BCUT2D eigenvalue weighted by Gasteiger charge is 2.40. The van der Waals surface area contributed by atoms with Crippen LogP contribution in [0.4, 0.5) is 0 Å². The van der Waals surface area contributed by atoms with Crippen molar-refractivity contribution < 1.29 is 29.4 Å². The quantitative estimate of drug-likeness (QED) is 0.111. The van der Waals surface area contributed by atoms with E-state index in [9.17, 15) is 29.4 Å². The monoisotopic (exact) mass is 614 g/mol. The summed E-state index contributed by atoms with van der Waals surface area (Å²) in [6.07, 6.45) is 3.55. The Labute approximate surface area is 257 Å². The highest BCUT2D eigenvalue weighted by Crippen LogP contribution is 2.22. The van der Waals surface area contributed by atoms with Crippen LogP contribution in [-0.2, 0) is 32.0 Å². The van der Waals surface area contributed by atoms with Gasteiger partial charge in [0.05, 0.1) is 31.1 Å². The zero-order valence-corrected chi connectivity index (χ0v) is 25.5. The van der Waals surface area contributed by atoms with Crippen LogP contribution < -0.4 is 27.0 Å². The van der Waals surface area contributed by atoms with Gasteiger partial charge in [0.1, 0.15) is 18.3 Å². The molecule has 1 saturated heterocycles. The average molecular weight is 615 g/mol. The summed E-state index contributed by atoms with van der Waals surface area (Å²) in [5, 5.41) is 31.8. The minimum absolute atomic E-state index is 0.0545. The maximum Gasteiger partial charge on any atom is 0.244 e. The van der Waals surface area contributed by atoms with Crippen molar-refractivity contribution in [2.75, 3.05) is 20.2 Å². The first-order valence-corrected chi connectivity index (χ1v) is 15.0. The van der Waals surface area contributed by atoms with Gasteiger partial charge in [-0.3, -0.25) is 24.1 Å². The maximum absolute atomic E-state index is 13.7. The van der Waals surface area contributed by atoms with Crippen molar-refractivity contribution >= 4 is 23.6 Å². The second kappa shape index (κ2) is 16.9. The number of nitrogens with one attached hydrogen (secondary N) is 5. The van der Waals surface area contributed by atoms with Gasteiger partial charge in [-0.05, 0) is 37.2 Å². The number of H-pyrrole nitrogens is 1. The van der Waals surface area contributed by atoms with E-state index in [1.54, 1.807) is 11.1 Å². The first-order chi connectivity index (χ1) is 21.0. The molecular formula is C30H46N8O6. The molecule has 1 aromatic carbocycles. The standard InChI is InChI=1S/C30H46N8O6/c1-18(2)12-22(35-26(40)21(31)13-19-8-5-4-6-9-19)28(42)36-23(14-20-15-33-17-34-20)30(44)38-11-7-10-25(38)29(43)37-24(16-39)27(41)32-3/h4-6,8-9,15,17-18,21-25,30,39,44H,7,10-14,16,31H2,1-3H3,(H,32,41)(H,33,34)(H,35,40)(H,36,42)(H,37,43)/t21-,22?,23-,24-,25-,30?/m0/s1. The lowest BCUT2D eigenvalue weighted by molar-refractivity contribution is -0.137. The predicted octanol–water partition coefficient (Wildman–Crippen LogP) is -1.46. The van der Waals surface area contributed by atoms with E-state index >= 15 is 0 Å². The number of likely N-dealkylation sites (N-methyl/N-ethyl adjacent to an activating group) is 1. The minimum Gasteiger partial charge on any atom is -0.394 e. The van der Waals surface area contributed by atoms with Crippen LogP contribution in [0.1, 0.15) is 44.4 Å². The third-order valence-electron chi connectivity index (χ3n) is 7.66. The molecule has 4 amide bonds. The van der Waals surface area contributed by atoms with E-state index in [2.05, 4.69) is 31.2 Å². The highest BCUT2D eigenvalue weighted by atomic mass is 16.3. The molecular weight excluding hydrogens is 568 g/mol. The Hall–Kier alpha value is -3.85. The van der Waals surface area contributed by atoms with Crippen LogP contribution >= 0.6 is 0 Å². The van der Waals surface area contributed by atoms with Crippen molar-refractivity contribution in [2.45, 2.75) is 82.4 Å². The molecule has 2 aromatic rings. The molecule has 1 fully saturated rings. The van der Waals surface area contributed by atoms with Crippen molar-refractivity contribution in [3.63, 3.8) is 0 Å². The van der Waals surface area contributed by atoms with Gasteiger partial charge in [-0.1, -0.05) is 44.2 Å². The molecule has 0 spiro atoms. The smallest absolute Gasteiger partial charge is 0.244 e. The number of aromatic amines is 1. The lowest BCUT2D eigenvalue weighted by Gasteiger charge is -2.35. The van der Waals surface area contributed by atoms with Crippen LogP contribution in [0.2, 0.25) is 0 Å². The molecule has 0 radical (unpaired) electrons. The van der Waals surface area contributed by atoms with Gasteiger partial charge < -0.3 is 42.2 Å². The van der Waals surface area contributed by atoms with E-state index in [1.165, 1.54) is 13.4 Å². The van der Waals surface area contributed by atoms with Gasteiger partial charge in [-0.15, -0.1) is 0 Å². The first kappa shape index (κ1) is 34.6. The number of imidazole rings is 1. The Bertz CT molecular complexity index is 1210. The Morgan fingerprint density at radius 2 is 1.77 bits per heavy atom. The molecule has 0 aliphatic carbocycles. The van der Waals surface area contributed by atoms with Crippen LogP contribution in [0, 0.1) is 5.92 Å². The molecule has 1 aliphatic heterocycles. The summed E-state index contributed by atoms with van der Waals surface area (Å²) in [7, 11) is 1.40. The van der Waals surface area contributed by atoms with Crippen LogP contribution in [0.25, 0.3) is 0 Å². The van der Waals surface area contributed by atoms with E-state index in [0.717, 1.165) is 5.56 Å². The van der Waals surface area contributed by atoms with Gasteiger partial charge in [0.25, 0.3) is 0 Å². The number of rotatable bonds is 16. The van der Waals surface area contributed by atoms with Crippen LogP contribution in [0.15, 0.2) is 42.9 Å². The van der Waals surface area contributed by atoms with Crippen molar-refractivity contribution in [3.05, 3.63) is 54.1 Å². The number of hydrogen-bond acceptors (Lipinski definition) is 9. The molecule has 6 atom stereocenters. The molecule has 242 valence electrons. The molecule has 1 aromatic heterocycles. The van der Waals surface area contributed by atoms with E-state index < -0.39 is 66.7 Å². The number of nitrogens with zero attached hydrogens (tertiary/aromatic N) is 2. The number of benzene rings is 1. The van der Waals surface area contributed by atoms with Gasteiger partial charge in [-0.25, -0.2) is 4.98 Å². The Balaban J connectivity index is 1.76. The molecule has 44 heavy (non-hydrogen) atoms. The normalized spacial score (nSPS) is 18.6. The van der Waals surface area contributed by atoms with Crippen molar-refractivity contribution in [1.29, 1.82) is 0 Å². The molecule has 0 saturated carbocycles. The highest BCUT2D eigenvalue weighted by molar-refractivity contribution is 5.90. The summed E-state index contributed by atoms with van der Waals surface area (Å²) < 4.78 is 0. The number of aromatic nitrogens is 2. The third-order valence-corrected chi connectivity index (χ3v) is 7.66. The molecule has 3 rings (SSSR count). The third kappa shape index (κ3) is 9.84. The Morgan fingerprint density at radius 3 is 2.39 bits per heavy atom. The van der Waals surface area contributed by atoms with Gasteiger partial charge in [0, 0.05) is 31.9 Å². The summed E-state index contributed by atoms with van der Waals surface area (Å²) >= 11 is 0. The van der Waals surface area contributed by atoms with Crippen molar-refractivity contribution in [3.8, 4) is 0 Å². The molecule has 14 nitrogen and oxygen atoms in total. The van der Waals surface area contributed by atoms with Gasteiger partial charge in [0.2, 0.25) is 23.6 Å². The fraction of sp³-hybridized carbons (Fsp3) is 0.567.